The Hall–Kier alpha value is -0.890. The average molecular weight is 304 g/mol. The van der Waals surface area contributed by atoms with E-state index in [4.69, 9.17) is 4.74 Å². The van der Waals surface area contributed by atoms with Crippen molar-refractivity contribution < 1.29 is 9.53 Å². The lowest BCUT2D eigenvalue weighted by molar-refractivity contribution is -0.119. The third-order valence-corrected chi connectivity index (χ3v) is 5.24. The molecule has 0 radical (unpaired) electrons. The number of Topliss-reactive ketones (excluding diaryl/α,β-unsaturated/α-hetero) is 1. The number of allylic oxidation sites excluding steroid dienone is 4. The third-order valence-electron chi connectivity index (χ3n) is 5.24. The maximum atomic E-state index is 12.2. The van der Waals surface area contributed by atoms with E-state index in [9.17, 15) is 4.79 Å². The van der Waals surface area contributed by atoms with Gasteiger partial charge in [0.25, 0.3) is 0 Å². The Bertz CT molecular complexity index is 472. The number of carbonyl (C=O) groups excluding carboxylic acids is 1. The van der Waals surface area contributed by atoms with Crippen LogP contribution < -0.4 is 0 Å². The van der Waals surface area contributed by atoms with Gasteiger partial charge >= 0.3 is 0 Å². The van der Waals surface area contributed by atoms with Crippen molar-refractivity contribution in [3.8, 4) is 0 Å². The van der Waals surface area contributed by atoms with Crippen molar-refractivity contribution in [2.24, 2.45) is 11.8 Å². The highest BCUT2D eigenvalue weighted by atomic mass is 16.6. The number of ether oxygens (including phenoxy) is 1. The van der Waals surface area contributed by atoms with Crippen LogP contribution in [0.2, 0.25) is 0 Å². The zero-order valence-corrected chi connectivity index (χ0v) is 14.9. The molecule has 0 bridgehead atoms. The van der Waals surface area contributed by atoms with Gasteiger partial charge in [-0.2, -0.15) is 0 Å². The molecule has 0 aromatic heterocycles. The standard InChI is InChI=1S/C20H32O2/c1-14(2)17-8-6-15(3)12-18(21)13-16(4)7-9-19-20(5,22-19)11-10-17/h6,8,14,16,19H,7,9-13H2,1-5H3/b15-6+,17-8+/t16-,19+,20+/m0/s1. The quantitative estimate of drug-likeness (QED) is 0.621. The fraction of sp³-hybridized carbons (Fsp3) is 0.750. The molecule has 1 aliphatic heterocycles. The molecule has 22 heavy (non-hydrogen) atoms. The van der Waals surface area contributed by atoms with Crippen LogP contribution in [-0.2, 0) is 9.53 Å². The topological polar surface area (TPSA) is 29.6 Å². The number of hydrogen-bond acceptors (Lipinski definition) is 2. The molecule has 2 heteroatoms. The van der Waals surface area contributed by atoms with Gasteiger partial charge in [0, 0.05) is 12.8 Å². The molecular weight excluding hydrogens is 272 g/mol. The summed E-state index contributed by atoms with van der Waals surface area (Å²) in [6.45, 7) is 11.0. The molecular formula is C20H32O2. The number of rotatable bonds is 1. The predicted octanol–water partition coefficient (Wildman–Crippen LogP) is 5.23. The maximum absolute atomic E-state index is 12.2. The third kappa shape index (κ3) is 4.81. The minimum atomic E-state index is 0.0700. The Labute approximate surface area is 136 Å². The first kappa shape index (κ1) is 17.5. The molecule has 2 nitrogen and oxygen atoms in total. The van der Waals surface area contributed by atoms with E-state index in [0.29, 0.717) is 36.6 Å². The zero-order chi connectivity index (χ0) is 16.3. The number of hydrogen-bond donors (Lipinski definition) is 0. The van der Waals surface area contributed by atoms with Crippen molar-refractivity contribution in [3.63, 3.8) is 0 Å². The molecule has 0 amide bonds. The smallest absolute Gasteiger partial charge is 0.137 e. The second-order valence-electron chi connectivity index (χ2n) is 7.93. The number of fused-ring (bicyclic) bond motifs is 1. The Morgan fingerprint density at radius 2 is 2.00 bits per heavy atom. The fourth-order valence-electron chi connectivity index (χ4n) is 3.45. The molecule has 3 atom stereocenters. The van der Waals surface area contributed by atoms with Crippen LogP contribution in [0.25, 0.3) is 0 Å². The normalized spacial score (nSPS) is 39.3. The molecule has 1 aliphatic carbocycles. The summed E-state index contributed by atoms with van der Waals surface area (Å²) in [6, 6.07) is 0. The predicted molar refractivity (Wildman–Crippen MR) is 91.8 cm³/mol. The fourth-order valence-corrected chi connectivity index (χ4v) is 3.45. The highest BCUT2D eigenvalue weighted by Crippen LogP contribution is 2.44. The summed E-state index contributed by atoms with van der Waals surface area (Å²) in [4.78, 5) is 12.2. The summed E-state index contributed by atoms with van der Waals surface area (Å²) in [7, 11) is 0. The van der Waals surface area contributed by atoms with E-state index in [1.165, 1.54) is 11.1 Å². The summed E-state index contributed by atoms with van der Waals surface area (Å²) >= 11 is 0. The average Bonchev–Trinajstić information content (AvgIpc) is 3.06. The van der Waals surface area contributed by atoms with Gasteiger partial charge in [-0.25, -0.2) is 0 Å². The molecule has 2 rings (SSSR count). The largest absolute Gasteiger partial charge is 0.366 e. The van der Waals surface area contributed by atoms with Crippen molar-refractivity contribution in [1.29, 1.82) is 0 Å². The van der Waals surface area contributed by atoms with Gasteiger partial charge in [-0.3, -0.25) is 4.79 Å². The lowest BCUT2D eigenvalue weighted by Crippen LogP contribution is -2.13. The van der Waals surface area contributed by atoms with Gasteiger partial charge in [-0.15, -0.1) is 0 Å². The SMILES string of the molecule is C/C1=C\C=C(\C(C)C)CC[C@@]2(C)O[C@@H]2CC[C@H](C)CC(=O)C1. The van der Waals surface area contributed by atoms with Gasteiger partial charge in [0.05, 0.1) is 11.7 Å². The van der Waals surface area contributed by atoms with Gasteiger partial charge in [-0.05, 0) is 51.4 Å². The summed E-state index contributed by atoms with van der Waals surface area (Å²) in [6.07, 6.45) is 10.5. The van der Waals surface area contributed by atoms with Crippen LogP contribution in [0.3, 0.4) is 0 Å². The Balaban J connectivity index is 2.14. The van der Waals surface area contributed by atoms with E-state index in [1.807, 2.05) is 0 Å². The van der Waals surface area contributed by atoms with Crippen LogP contribution >= 0.6 is 0 Å². The number of carbonyl (C=O) groups is 1. The van der Waals surface area contributed by atoms with Crippen molar-refractivity contribution >= 4 is 5.78 Å². The van der Waals surface area contributed by atoms with Gasteiger partial charge in [0.15, 0.2) is 0 Å². The second kappa shape index (κ2) is 7.12. The van der Waals surface area contributed by atoms with Crippen LogP contribution in [-0.4, -0.2) is 17.5 Å². The summed E-state index contributed by atoms with van der Waals surface area (Å²) < 4.78 is 5.98. The Morgan fingerprint density at radius 1 is 1.27 bits per heavy atom. The van der Waals surface area contributed by atoms with E-state index in [-0.39, 0.29) is 5.60 Å². The van der Waals surface area contributed by atoms with Crippen molar-refractivity contribution in [2.45, 2.75) is 84.8 Å². The van der Waals surface area contributed by atoms with Crippen molar-refractivity contribution in [2.75, 3.05) is 0 Å². The van der Waals surface area contributed by atoms with Crippen molar-refractivity contribution in [1.82, 2.24) is 0 Å². The monoisotopic (exact) mass is 304 g/mol. The van der Waals surface area contributed by atoms with Gasteiger partial charge in [0.2, 0.25) is 0 Å². The van der Waals surface area contributed by atoms with E-state index >= 15 is 0 Å². The van der Waals surface area contributed by atoms with Crippen LogP contribution in [0.4, 0.5) is 0 Å². The number of ketones is 1. The molecule has 0 saturated carbocycles. The number of epoxide rings is 1. The second-order valence-corrected chi connectivity index (χ2v) is 7.93. The lowest BCUT2D eigenvalue weighted by Gasteiger charge is -2.15. The van der Waals surface area contributed by atoms with E-state index in [2.05, 4.69) is 46.8 Å². The molecule has 1 saturated heterocycles. The molecule has 0 aromatic carbocycles. The van der Waals surface area contributed by atoms with Crippen LogP contribution in [0.5, 0.6) is 0 Å². The van der Waals surface area contributed by atoms with Gasteiger partial charge in [0.1, 0.15) is 5.78 Å². The summed E-state index contributed by atoms with van der Waals surface area (Å²) in [5.41, 5.74) is 2.72. The minimum absolute atomic E-state index is 0.0700. The highest BCUT2D eigenvalue weighted by molar-refractivity contribution is 5.80. The molecule has 0 spiro atoms. The van der Waals surface area contributed by atoms with E-state index < -0.39 is 0 Å². The summed E-state index contributed by atoms with van der Waals surface area (Å²) in [5, 5.41) is 0. The van der Waals surface area contributed by atoms with Gasteiger partial charge in [-0.1, -0.05) is 44.1 Å². The molecule has 1 heterocycles. The first-order valence-electron chi connectivity index (χ1n) is 8.86. The minimum Gasteiger partial charge on any atom is -0.366 e. The van der Waals surface area contributed by atoms with Crippen LogP contribution in [0, 0.1) is 11.8 Å². The van der Waals surface area contributed by atoms with Crippen LogP contribution in [0.1, 0.15) is 73.1 Å². The Morgan fingerprint density at radius 3 is 2.68 bits per heavy atom. The highest BCUT2D eigenvalue weighted by Gasteiger charge is 2.50. The van der Waals surface area contributed by atoms with E-state index in [1.54, 1.807) is 0 Å². The summed E-state index contributed by atoms with van der Waals surface area (Å²) in [5.74, 6) is 1.39. The first-order chi connectivity index (χ1) is 10.3. The first-order valence-corrected chi connectivity index (χ1v) is 8.86. The molecule has 0 N–H and O–H groups in total. The molecule has 0 aromatic rings. The molecule has 0 unspecified atom stereocenters. The van der Waals surface area contributed by atoms with Crippen molar-refractivity contribution in [3.05, 3.63) is 23.3 Å². The lowest BCUT2D eigenvalue weighted by atomic mass is 9.88. The Kier molecular flexibility index (Phi) is 5.65. The molecule has 1 fully saturated rings. The van der Waals surface area contributed by atoms with Crippen LogP contribution in [0.15, 0.2) is 23.3 Å². The molecule has 2 aliphatic rings. The van der Waals surface area contributed by atoms with Gasteiger partial charge < -0.3 is 4.74 Å². The molecule has 124 valence electrons. The zero-order valence-electron chi connectivity index (χ0n) is 14.9. The van der Waals surface area contributed by atoms with E-state index in [0.717, 1.165) is 25.7 Å². The maximum Gasteiger partial charge on any atom is 0.137 e.